The van der Waals surface area contributed by atoms with E-state index < -0.39 is 17.6 Å². The van der Waals surface area contributed by atoms with Crippen LogP contribution in [0.1, 0.15) is 147 Å². The van der Waals surface area contributed by atoms with Gasteiger partial charge in [0.05, 0.1) is 31.4 Å². The van der Waals surface area contributed by atoms with Crippen LogP contribution in [0.15, 0.2) is 60.7 Å². The number of cyclic esters (lactones) is 1. The predicted molar refractivity (Wildman–Crippen MR) is 225 cm³/mol. The molecule has 1 aliphatic rings. The van der Waals surface area contributed by atoms with E-state index in [1.807, 2.05) is 75.4 Å². The van der Waals surface area contributed by atoms with Gasteiger partial charge < -0.3 is 28.7 Å². The molecule has 3 aromatic carbocycles. The number of nitrogens with zero attached hydrogens (tertiary/aromatic N) is 2. The molecule has 0 amide bonds. The lowest BCUT2D eigenvalue weighted by Gasteiger charge is -2.36. The molecule has 0 radical (unpaired) electrons. The monoisotopic (exact) mass is 770 g/mol. The lowest BCUT2D eigenvalue weighted by atomic mass is 9.78. The molecule has 9 nitrogen and oxygen atoms in total. The Labute approximate surface area is 336 Å². The second-order valence-electron chi connectivity index (χ2n) is 14.6. The maximum Gasteiger partial charge on any atom is 0.340 e. The molecule has 3 aromatic rings. The van der Waals surface area contributed by atoms with Crippen LogP contribution in [-0.4, -0.2) is 62.7 Å². The summed E-state index contributed by atoms with van der Waals surface area (Å²) in [6.45, 7) is 18.4. The van der Waals surface area contributed by atoms with E-state index in [-0.39, 0.29) is 17.8 Å². The lowest BCUT2D eigenvalue weighted by Crippen LogP contribution is -2.43. The second kappa shape index (κ2) is 21.7. The summed E-state index contributed by atoms with van der Waals surface area (Å²) in [5.41, 5.74) is 2.77. The van der Waals surface area contributed by atoms with Crippen molar-refractivity contribution in [1.82, 2.24) is 0 Å². The minimum atomic E-state index is -1.42. The molecule has 0 bridgehead atoms. The summed E-state index contributed by atoms with van der Waals surface area (Å²) in [5, 5.41) is 0. The largest absolute Gasteiger partial charge is 0.493 e. The van der Waals surface area contributed by atoms with Crippen LogP contribution in [0.3, 0.4) is 0 Å². The molecule has 0 spiro atoms. The first-order valence-corrected chi connectivity index (χ1v) is 21.2. The molecule has 4 rings (SSSR count). The summed E-state index contributed by atoms with van der Waals surface area (Å²) in [5.74, 6) is 0.575. The lowest BCUT2D eigenvalue weighted by molar-refractivity contribution is -0.145. The third kappa shape index (κ3) is 9.88. The van der Waals surface area contributed by atoms with Crippen molar-refractivity contribution in [2.75, 3.05) is 42.7 Å². The van der Waals surface area contributed by atoms with Crippen molar-refractivity contribution < 1.29 is 33.3 Å². The molecular weight excluding hydrogens is 705 g/mol. The number of fused-ring (bicyclic) bond motifs is 1. The maximum atomic E-state index is 13.9. The highest BCUT2D eigenvalue weighted by Gasteiger charge is 2.52. The number of rotatable bonds is 25. The number of ketones is 1. The Kier molecular flexibility index (Phi) is 17.1. The Morgan fingerprint density at radius 3 is 1.62 bits per heavy atom. The molecule has 0 N–H and O–H groups in total. The van der Waals surface area contributed by atoms with Gasteiger partial charge >= 0.3 is 11.9 Å². The normalized spacial score (nSPS) is 15.8. The highest BCUT2D eigenvalue weighted by atomic mass is 16.6. The van der Waals surface area contributed by atoms with E-state index >= 15 is 0 Å². The average Bonchev–Trinajstić information content (AvgIpc) is 3.49. The Bertz CT molecular complexity index is 1740. The first-order chi connectivity index (χ1) is 27.2. The van der Waals surface area contributed by atoms with Gasteiger partial charge in [-0.05, 0) is 83.7 Å². The number of benzene rings is 3. The second-order valence-corrected chi connectivity index (χ2v) is 14.6. The highest BCUT2D eigenvalue weighted by molar-refractivity contribution is 5.97. The van der Waals surface area contributed by atoms with Crippen LogP contribution in [0, 0.1) is 0 Å². The fraction of sp³-hybridized carbons (Fsp3) is 0.553. The van der Waals surface area contributed by atoms with Gasteiger partial charge in [0, 0.05) is 53.3 Å². The molecule has 1 aliphatic heterocycles. The van der Waals surface area contributed by atoms with Crippen LogP contribution in [0.2, 0.25) is 0 Å². The van der Waals surface area contributed by atoms with Crippen molar-refractivity contribution >= 4 is 29.1 Å². The number of anilines is 2. The topological polar surface area (TPSA) is 94.6 Å². The smallest absolute Gasteiger partial charge is 0.340 e. The summed E-state index contributed by atoms with van der Waals surface area (Å²) in [6, 6.07) is 18.8. The number of unbranched alkanes of at least 4 members (excludes halogenated alkanes) is 4. The predicted octanol–water partition coefficient (Wildman–Crippen LogP) is 10.4. The van der Waals surface area contributed by atoms with E-state index in [1.165, 1.54) is 0 Å². The minimum absolute atomic E-state index is 0.140. The van der Waals surface area contributed by atoms with Crippen molar-refractivity contribution in [2.24, 2.45) is 0 Å². The number of hydrogen-bond acceptors (Lipinski definition) is 9. The zero-order valence-corrected chi connectivity index (χ0v) is 35.3. The van der Waals surface area contributed by atoms with Crippen LogP contribution < -0.4 is 19.3 Å². The molecule has 0 aliphatic carbocycles. The molecular formula is C47H66N2O7. The third-order valence-corrected chi connectivity index (χ3v) is 10.7. The zero-order chi connectivity index (χ0) is 40.7. The summed E-state index contributed by atoms with van der Waals surface area (Å²) in [6.07, 6.45) is 9.01. The fourth-order valence-electron chi connectivity index (χ4n) is 7.87. The van der Waals surface area contributed by atoms with E-state index in [1.54, 1.807) is 13.0 Å². The standard InChI is InChI=1S/C47H66N2O7/c1-9-16-24-41(34(8)50)48(30-18-11-3)35-26-28-39(43(32-35)53-13-5)47(38-23-21-20-22-37(38)45(51)56-47)40-29-27-36(33-44(40)54-14-6)49(31-19-12-4)42(25-17-10-2)46(52)55-15-7/h20-23,26-29,32-33,41-42H,9-19,24-25,30-31H2,1-8H3. The Hall–Kier alpha value is -4.53. The van der Waals surface area contributed by atoms with Gasteiger partial charge in [0.25, 0.3) is 0 Å². The van der Waals surface area contributed by atoms with Gasteiger partial charge in [0.1, 0.15) is 17.5 Å². The fourth-order valence-corrected chi connectivity index (χ4v) is 7.87. The van der Waals surface area contributed by atoms with Crippen LogP contribution >= 0.6 is 0 Å². The van der Waals surface area contributed by atoms with Crippen LogP contribution in [0.5, 0.6) is 11.5 Å². The Morgan fingerprint density at radius 1 is 0.643 bits per heavy atom. The average molecular weight is 771 g/mol. The van der Waals surface area contributed by atoms with Crippen molar-refractivity contribution in [3.05, 3.63) is 82.9 Å². The van der Waals surface area contributed by atoms with Gasteiger partial charge in [-0.15, -0.1) is 0 Å². The van der Waals surface area contributed by atoms with Gasteiger partial charge in [-0.2, -0.15) is 0 Å². The van der Waals surface area contributed by atoms with E-state index in [9.17, 15) is 14.4 Å². The number of hydrogen-bond donors (Lipinski definition) is 0. The third-order valence-electron chi connectivity index (χ3n) is 10.7. The van der Waals surface area contributed by atoms with Crippen molar-refractivity contribution in [3.8, 4) is 11.5 Å². The Morgan fingerprint density at radius 2 is 1.14 bits per heavy atom. The molecule has 0 saturated heterocycles. The van der Waals surface area contributed by atoms with Crippen LogP contribution in [0.4, 0.5) is 11.4 Å². The molecule has 3 unspecified atom stereocenters. The summed E-state index contributed by atoms with van der Waals surface area (Å²) < 4.78 is 25.2. The number of carbonyl (C=O) groups is 3. The van der Waals surface area contributed by atoms with Gasteiger partial charge in [0.2, 0.25) is 0 Å². The molecule has 56 heavy (non-hydrogen) atoms. The molecule has 306 valence electrons. The number of Topliss-reactive ketones (excluding diaryl/α,β-unsaturated/α-hetero) is 1. The van der Waals surface area contributed by atoms with Crippen molar-refractivity contribution in [1.29, 1.82) is 0 Å². The van der Waals surface area contributed by atoms with E-state index in [0.29, 0.717) is 66.5 Å². The molecule has 3 atom stereocenters. The van der Waals surface area contributed by atoms with Crippen molar-refractivity contribution in [3.63, 3.8) is 0 Å². The van der Waals surface area contributed by atoms with Gasteiger partial charge in [-0.25, -0.2) is 9.59 Å². The summed E-state index contributed by atoms with van der Waals surface area (Å²) >= 11 is 0. The van der Waals surface area contributed by atoms with Crippen molar-refractivity contribution in [2.45, 2.75) is 137 Å². The van der Waals surface area contributed by atoms with E-state index in [2.05, 4.69) is 37.5 Å². The number of ether oxygens (including phenoxy) is 4. The van der Waals surface area contributed by atoms with Crippen LogP contribution in [-0.2, 0) is 24.7 Å². The minimum Gasteiger partial charge on any atom is -0.493 e. The summed E-state index contributed by atoms with van der Waals surface area (Å²) in [7, 11) is 0. The first kappa shape index (κ1) is 44.2. The van der Waals surface area contributed by atoms with Gasteiger partial charge in [-0.1, -0.05) is 84.4 Å². The quantitative estimate of drug-likeness (QED) is 0.0781. The molecule has 9 heteroatoms. The number of carbonyl (C=O) groups excluding carboxylic acids is 3. The molecule has 0 saturated carbocycles. The maximum absolute atomic E-state index is 13.9. The zero-order valence-electron chi connectivity index (χ0n) is 35.3. The molecule has 1 heterocycles. The Balaban J connectivity index is 2.00. The van der Waals surface area contributed by atoms with Gasteiger partial charge in [-0.3, -0.25) is 4.79 Å². The molecule has 0 fully saturated rings. The summed E-state index contributed by atoms with van der Waals surface area (Å²) in [4.78, 5) is 45.0. The van der Waals surface area contributed by atoms with Gasteiger partial charge in [0.15, 0.2) is 11.4 Å². The van der Waals surface area contributed by atoms with E-state index in [0.717, 1.165) is 75.7 Å². The first-order valence-electron chi connectivity index (χ1n) is 21.2. The molecule has 0 aromatic heterocycles. The van der Waals surface area contributed by atoms with Crippen LogP contribution in [0.25, 0.3) is 0 Å². The number of esters is 2. The SMILES string of the molecule is CCCCC(C(C)=O)N(CCCC)c1ccc(C2(c3ccc(N(CCCC)C(CCCC)C(=O)OCC)cc3OCC)OC(=O)c3ccccc32)c(OCC)c1. The van der Waals surface area contributed by atoms with E-state index in [4.69, 9.17) is 18.9 Å². The highest BCUT2D eigenvalue weighted by Crippen LogP contribution is 2.53.